The monoisotopic (exact) mass is 308 g/mol. The fourth-order valence-corrected chi connectivity index (χ4v) is 3.20. The predicted octanol–water partition coefficient (Wildman–Crippen LogP) is 2.09. The van der Waals surface area contributed by atoms with Crippen LogP contribution in [0.1, 0.15) is 39.5 Å². The van der Waals surface area contributed by atoms with E-state index in [-0.39, 0.29) is 25.1 Å². The van der Waals surface area contributed by atoms with Gasteiger partial charge in [0, 0.05) is 32.2 Å². The average Bonchev–Trinajstić information content (AvgIpc) is 2.35. The van der Waals surface area contributed by atoms with Crippen LogP contribution in [-0.2, 0) is 9.53 Å². The van der Waals surface area contributed by atoms with Crippen LogP contribution in [0.3, 0.4) is 0 Å². The van der Waals surface area contributed by atoms with E-state index in [2.05, 4.69) is 5.32 Å². The minimum atomic E-state index is -4.34. The maximum atomic E-state index is 12.9. The van der Waals surface area contributed by atoms with Gasteiger partial charge >= 0.3 is 6.18 Å². The first-order valence-corrected chi connectivity index (χ1v) is 7.52. The number of amides is 1. The maximum absolute atomic E-state index is 12.9. The van der Waals surface area contributed by atoms with E-state index >= 15 is 0 Å². The molecule has 2 unspecified atom stereocenters. The molecular weight excluding hydrogens is 285 g/mol. The van der Waals surface area contributed by atoms with Crippen LogP contribution in [0.4, 0.5) is 13.2 Å². The second kappa shape index (κ2) is 6.52. The van der Waals surface area contributed by atoms with Gasteiger partial charge in [0.15, 0.2) is 0 Å². The van der Waals surface area contributed by atoms with Crippen molar-refractivity contribution in [2.24, 2.45) is 0 Å². The van der Waals surface area contributed by atoms with E-state index in [1.165, 1.54) is 6.92 Å². The van der Waals surface area contributed by atoms with Crippen molar-refractivity contribution >= 4 is 5.91 Å². The number of carbonyl (C=O) groups excluding carboxylic acids is 1. The van der Waals surface area contributed by atoms with Gasteiger partial charge in [0.2, 0.25) is 5.91 Å². The largest absolute Gasteiger partial charge is 0.408 e. The molecule has 1 aliphatic carbocycles. The lowest BCUT2D eigenvalue weighted by molar-refractivity contribution is -0.197. The molecule has 2 aliphatic rings. The molecule has 0 bridgehead atoms. The summed E-state index contributed by atoms with van der Waals surface area (Å²) < 4.78 is 44.2. The normalized spacial score (nSPS) is 33.7. The number of likely N-dealkylation sites (tertiary alicyclic amines) is 1. The average molecular weight is 308 g/mol. The van der Waals surface area contributed by atoms with Gasteiger partial charge in [0.25, 0.3) is 0 Å². The van der Waals surface area contributed by atoms with Crippen LogP contribution in [-0.4, -0.2) is 54.4 Å². The Morgan fingerprint density at radius 2 is 1.95 bits per heavy atom. The lowest BCUT2D eigenvalue weighted by Crippen LogP contribution is -2.60. The van der Waals surface area contributed by atoms with Crippen LogP contribution >= 0.6 is 0 Å². The van der Waals surface area contributed by atoms with Gasteiger partial charge in [-0.3, -0.25) is 4.79 Å². The van der Waals surface area contributed by atoms with Crippen molar-refractivity contribution in [2.45, 2.75) is 69.9 Å². The highest BCUT2D eigenvalue weighted by Crippen LogP contribution is 2.33. The van der Waals surface area contributed by atoms with Crippen molar-refractivity contribution in [2.75, 3.05) is 13.2 Å². The molecular formula is C14H23F3N2O2. The number of rotatable bonds is 4. The summed E-state index contributed by atoms with van der Waals surface area (Å²) in [7, 11) is 0. The van der Waals surface area contributed by atoms with Crippen molar-refractivity contribution < 1.29 is 22.7 Å². The van der Waals surface area contributed by atoms with Gasteiger partial charge in [-0.25, -0.2) is 0 Å². The third-order valence-corrected chi connectivity index (χ3v) is 4.33. The Morgan fingerprint density at radius 1 is 1.29 bits per heavy atom. The van der Waals surface area contributed by atoms with Gasteiger partial charge in [0.1, 0.15) is 6.04 Å². The number of nitrogens with one attached hydrogen (secondary N) is 1. The summed E-state index contributed by atoms with van der Waals surface area (Å²) in [5, 5.41) is 3.36. The molecule has 1 N–H and O–H groups in total. The third kappa shape index (κ3) is 4.10. The molecule has 2 rings (SSSR count). The number of ether oxygens (including phenoxy) is 1. The number of nitrogens with zero attached hydrogens (tertiary/aromatic N) is 1. The van der Waals surface area contributed by atoms with Crippen LogP contribution in [0, 0.1) is 0 Å². The number of carbonyl (C=O) groups is 1. The molecule has 4 nitrogen and oxygen atoms in total. The molecule has 1 saturated heterocycles. The number of alkyl halides is 3. The molecule has 0 radical (unpaired) electrons. The SMILES string of the molecule is CCOC1CC(NC2CCC(C(F)(F)F)N(C(C)=O)C2)C1. The highest BCUT2D eigenvalue weighted by Gasteiger charge is 2.47. The zero-order chi connectivity index (χ0) is 15.6. The molecule has 0 aromatic heterocycles. The van der Waals surface area contributed by atoms with Crippen molar-refractivity contribution in [3.05, 3.63) is 0 Å². The molecule has 1 heterocycles. The van der Waals surface area contributed by atoms with Crippen molar-refractivity contribution in [1.29, 1.82) is 0 Å². The van der Waals surface area contributed by atoms with Crippen LogP contribution in [0.15, 0.2) is 0 Å². The number of hydrogen-bond acceptors (Lipinski definition) is 3. The Hall–Kier alpha value is -0.820. The second-order valence-electron chi connectivity index (χ2n) is 5.92. The van der Waals surface area contributed by atoms with Crippen LogP contribution in [0.5, 0.6) is 0 Å². The van der Waals surface area contributed by atoms with Crippen LogP contribution in [0.2, 0.25) is 0 Å². The molecule has 1 aliphatic heterocycles. The molecule has 7 heteroatoms. The Balaban J connectivity index is 1.84. The van der Waals surface area contributed by atoms with E-state index in [1.807, 2.05) is 6.92 Å². The molecule has 0 aromatic rings. The molecule has 21 heavy (non-hydrogen) atoms. The summed E-state index contributed by atoms with van der Waals surface area (Å²) in [4.78, 5) is 12.4. The zero-order valence-electron chi connectivity index (χ0n) is 12.4. The minimum Gasteiger partial charge on any atom is -0.378 e. The van der Waals surface area contributed by atoms with Crippen LogP contribution in [0.25, 0.3) is 0 Å². The Morgan fingerprint density at radius 3 is 2.48 bits per heavy atom. The lowest BCUT2D eigenvalue weighted by Gasteiger charge is -2.44. The maximum Gasteiger partial charge on any atom is 0.408 e. The lowest BCUT2D eigenvalue weighted by atomic mass is 9.87. The van der Waals surface area contributed by atoms with Crippen LogP contribution < -0.4 is 5.32 Å². The number of hydrogen-bond donors (Lipinski definition) is 1. The summed E-state index contributed by atoms with van der Waals surface area (Å²) >= 11 is 0. The Kier molecular flexibility index (Phi) is 5.14. The standard InChI is InChI=1S/C14H23F3N2O2/c1-3-21-12-6-11(7-12)18-10-4-5-13(14(15,16)17)19(8-10)9(2)20/h10-13,18H,3-8H2,1-2H3. The van der Waals surface area contributed by atoms with E-state index in [0.29, 0.717) is 19.1 Å². The molecule has 2 fully saturated rings. The van der Waals surface area contributed by atoms with Gasteiger partial charge in [-0.2, -0.15) is 13.2 Å². The number of halogens is 3. The van der Waals surface area contributed by atoms with Crippen molar-refractivity contribution in [1.82, 2.24) is 10.2 Å². The van der Waals surface area contributed by atoms with Crippen molar-refractivity contribution in [3.8, 4) is 0 Å². The van der Waals surface area contributed by atoms with E-state index in [4.69, 9.17) is 4.74 Å². The minimum absolute atomic E-state index is 0.0254. The first-order valence-electron chi connectivity index (χ1n) is 7.52. The molecule has 1 amide bonds. The highest BCUT2D eigenvalue weighted by molar-refractivity contribution is 5.74. The summed E-state index contributed by atoms with van der Waals surface area (Å²) in [5.74, 6) is -0.510. The molecule has 2 atom stereocenters. The predicted molar refractivity (Wildman–Crippen MR) is 71.8 cm³/mol. The highest BCUT2D eigenvalue weighted by atomic mass is 19.4. The van der Waals surface area contributed by atoms with E-state index < -0.39 is 18.1 Å². The first kappa shape index (κ1) is 16.5. The van der Waals surface area contributed by atoms with E-state index in [9.17, 15) is 18.0 Å². The zero-order valence-corrected chi connectivity index (χ0v) is 12.4. The van der Waals surface area contributed by atoms with Crippen molar-refractivity contribution in [3.63, 3.8) is 0 Å². The molecule has 1 saturated carbocycles. The fourth-order valence-electron chi connectivity index (χ4n) is 3.20. The fraction of sp³-hybridized carbons (Fsp3) is 0.929. The molecule has 0 aromatic carbocycles. The van der Waals surface area contributed by atoms with Gasteiger partial charge in [-0.15, -0.1) is 0 Å². The molecule has 122 valence electrons. The Labute approximate surface area is 123 Å². The van der Waals surface area contributed by atoms with Gasteiger partial charge in [0.05, 0.1) is 6.10 Å². The summed E-state index contributed by atoms with van der Waals surface area (Å²) in [6, 6.07) is -1.39. The first-order chi connectivity index (χ1) is 9.81. The smallest absolute Gasteiger partial charge is 0.378 e. The topological polar surface area (TPSA) is 41.6 Å². The van der Waals surface area contributed by atoms with Gasteiger partial charge in [-0.1, -0.05) is 0 Å². The molecule has 0 spiro atoms. The van der Waals surface area contributed by atoms with E-state index in [1.54, 1.807) is 0 Å². The summed E-state index contributed by atoms with van der Waals surface area (Å²) in [6.07, 6.45) is -1.86. The van der Waals surface area contributed by atoms with Gasteiger partial charge < -0.3 is 15.0 Å². The number of piperidine rings is 1. The van der Waals surface area contributed by atoms with Gasteiger partial charge in [-0.05, 0) is 32.6 Å². The summed E-state index contributed by atoms with van der Waals surface area (Å²) in [6.45, 7) is 3.97. The third-order valence-electron chi connectivity index (χ3n) is 4.33. The Bertz CT molecular complexity index is 370. The van der Waals surface area contributed by atoms with E-state index in [0.717, 1.165) is 17.7 Å². The second-order valence-corrected chi connectivity index (χ2v) is 5.92. The summed E-state index contributed by atoms with van der Waals surface area (Å²) in [5.41, 5.74) is 0. The quantitative estimate of drug-likeness (QED) is 0.864.